The van der Waals surface area contributed by atoms with Gasteiger partial charge in [0.25, 0.3) is 0 Å². The molecule has 3 amide bonds. The minimum absolute atomic E-state index is 0.0133. The van der Waals surface area contributed by atoms with Gasteiger partial charge in [-0.1, -0.05) is 147 Å². The van der Waals surface area contributed by atoms with E-state index in [0.29, 0.717) is 25.1 Å². The number of ether oxygens (including phenoxy) is 2. The third-order valence-corrected chi connectivity index (χ3v) is 9.93. The number of nitrogens with one attached hydrogen (secondary N) is 3. The van der Waals surface area contributed by atoms with E-state index in [1.165, 1.54) is 88.8 Å². The molecule has 1 rings (SSSR count). The van der Waals surface area contributed by atoms with Gasteiger partial charge in [0.15, 0.2) is 0 Å². The standard InChI is InChI=1S/C42H73N3O6S/c1-6-8-10-12-14-16-18-20-25-29-38(46)43-31-36(44-39(47)30-26-21-19-17-15-13-11-9-7-2)33-52-34-37(40(48)51-42(3,4)5)45-41(49)50-32-35-27-23-22-24-28-35/h22-24,27-28,36-37H,6-21,25-26,29-34H2,1-5H3,(H,43,46)(H,44,47)(H,45,49)/t36-,37+/m1/s1. The van der Waals surface area contributed by atoms with Crippen LogP contribution in [0.2, 0.25) is 0 Å². The second-order valence-electron chi connectivity index (χ2n) is 15.1. The second-order valence-corrected chi connectivity index (χ2v) is 16.1. The molecule has 0 saturated carbocycles. The number of alkyl carbamates (subject to hydrolysis) is 1. The number of hydrogen-bond donors (Lipinski definition) is 3. The first-order valence-electron chi connectivity index (χ1n) is 20.4. The minimum atomic E-state index is -0.952. The molecule has 0 spiro atoms. The molecule has 0 aliphatic rings. The lowest BCUT2D eigenvalue weighted by Crippen LogP contribution is -2.47. The molecule has 2 atom stereocenters. The van der Waals surface area contributed by atoms with Gasteiger partial charge < -0.3 is 25.4 Å². The second kappa shape index (κ2) is 30.7. The van der Waals surface area contributed by atoms with Crippen molar-refractivity contribution in [3.63, 3.8) is 0 Å². The minimum Gasteiger partial charge on any atom is -0.458 e. The molecule has 0 fully saturated rings. The van der Waals surface area contributed by atoms with Gasteiger partial charge in [-0.2, -0.15) is 11.8 Å². The molecule has 1 aromatic rings. The molecule has 9 nitrogen and oxygen atoms in total. The van der Waals surface area contributed by atoms with Crippen LogP contribution in [0.3, 0.4) is 0 Å². The Bertz CT molecular complexity index is 1080. The summed E-state index contributed by atoms with van der Waals surface area (Å²) in [4.78, 5) is 51.5. The fourth-order valence-corrected chi connectivity index (χ4v) is 6.82. The number of benzene rings is 1. The number of unbranched alkanes of at least 4 members (excludes halogenated alkanes) is 16. The molecule has 0 radical (unpaired) electrons. The third kappa shape index (κ3) is 27.8. The normalized spacial score (nSPS) is 12.5. The quantitative estimate of drug-likeness (QED) is 0.0511. The monoisotopic (exact) mass is 748 g/mol. The SMILES string of the molecule is CCCCCCCCCCCC(=O)NC[C@H](CSC[C@H](NC(=O)OCc1ccccc1)C(=O)OC(C)(C)C)NC(=O)CCCCCCCCCCC. The van der Waals surface area contributed by atoms with Gasteiger partial charge in [0, 0.05) is 30.9 Å². The number of rotatable bonds is 31. The maximum Gasteiger partial charge on any atom is 0.408 e. The highest BCUT2D eigenvalue weighted by atomic mass is 32.2. The number of hydrogen-bond acceptors (Lipinski definition) is 7. The summed E-state index contributed by atoms with van der Waals surface area (Å²) in [5.41, 5.74) is 0.0989. The van der Waals surface area contributed by atoms with Crippen LogP contribution in [0, 0.1) is 0 Å². The lowest BCUT2D eigenvalue weighted by molar-refractivity contribution is -0.156. The number of carbonyl (C=O) groups is 4. The largest absolute Gasteiger partial charge is 0.458 e. The Kier molecular flexibility index (Phi) is 27.9. The summed E-state index contributed by atoms with van der Waals surface area (Å²) in [7, 11) is 0. The van der Waals surface area contributed by atoms with Crippen LogP contribution >= 0.6 is 11.8 Å². The average molecular weight is 748 g/mol. The van der Waals surface area contributed by atoms with Crippen LogP contribution in [-0.2, 0) is 30.5 Å². The van der Waals surface area contributed by atoms with Crippen molar-refractivity contribution in [2.45, 2.75) is 187 Å². The van der Waals surface area contributed by atoms with Crippen molar-refractivity contribution in [1.82, 2.24) is 16.0 Å². The van der Waals surface area contributed by atoms with Gasteiger partial charge in [0.2, 0.25) is 11.8 Å². The number of thioether (sulfide) groups is 1. The van der Waals surface area contributed by atoms with Crippen molar-refractivity contribution in [3.8, 4) is 0 Å². The number of amides is 3. The molecule has 0 aliphatic carbocycles. The van der Waals surface area contributed by atoms with E-state index < -0.39 is 23.7 Å². The van der Waals surface area contributed by atoms with Gasteiger partial charge in [-0.15, -0.1) is 0 Å². The Balaban J connectivity index is 2.68. The molecule has 0 aliphatic heterocycles. The van der Waals surface area contributed by atoms with E-state index >= 15 is 0 Å². The molecule has 0 heterocycles. The molecular formula is C42H73N3O6S. The Morgan fingerprint density at radius 3 is 1.67 bits per heavy atom. The van der Waals surface area contributed by atoms with E-state index in [9.17, 15) is 19.2 Å². The summed E-state index contributed by atoms with van der Waals surface area (Å²) in [6.45, 7) is 10.2. The first-order valence-corrected chi connectivity index (χ1v) is 21.5. The molecule has 0 aromatic heterocycles. The maximum absolute atomic E-state index is 13.1. The highest BCUT2D eigenvalue weighted by Crippen LogP contribution is 2.15. The number of esters is 1. The van der Waals surface area contributed by atoms with E-state index in [4.69, 9.17) is 9.47 Å². The van der Waals surface area contributed by atoms with Crippen LogP contribution in [-0.4, -0.2) is 59.6 Å². The van der Waals surface area contributed by atoms with E-state index in [-0.39, 0.29) is 30.2 Å². The zero-order valence-electron chi connectivity index (χ0n) is 33.4. The van der Waals surface area contributed by atoms with E-state index in [1.807, 2.05) is 30.3 Å². The van der Waals surface area contributed by atoms with Crippen LogP contribution in [0.5, 0.6) is 0 Å². The fourth-order valence-electron chi connectivity index (χ4n) is 5.75. The third-order valence-electron chi connectivity index (χ3n) is 8.73. The predicted molar refractivity (Wildman–Crippen MR) is 215 cm³/mol. The summed E-state index contributed by atoms with van der Waals surface area (Å²) < 4.78 is 11.0. The average Bonchev–Trinajstić information content (AvgIpc) is 3.10. The van der Waals surface area contributed by atoms with Crippen molar-refractivity contribution in [3.05, 3.63) is 35.9 Å². The van der Waals surface area contributed by atoms with Crippen molar-refractivity contribution in [2.24, 2.45) is 0 Å². The van der Waals surface area contributed by atoms with Crippen LogP contribution in [0.4, 0.5) is 4.79 Å². The maximum atomic E-state index is 13.1. The van der Waals surface area contributed by atoms with Crippen molar-refractivity contribution in [1.29, 1.82) is 0 Å². The van der Waals surface area contributed by atoms with Crippen molar-refractivity contribution >= 4 is 35.6 Å². The fraction of sp³-hybridized carbons (Fsp3) is 0.762. The molecule has 298 valence electrons. The first kappa shape index (κ1) is 47.3. The van der Waals surface area contributed by atoms with Gasteiger partial charge in [-0.3, -0.25) is 9.59 Å². The first-order chi connectivity index (χ1) is 25.0. The molecule has 3 N–H and O–H groups in total. The van der Waals surface area contributed by atoms with Gasteiger partial charge in [0.1, 0.15) is 18.2 Å². The molecule has 0 unspecified atom stereocenters. The molecule has 0 bridgehead atoms. The molecular weight excluding hydrogens is 675 g/mol. The summed E-state index contributed by atoms with van der Waals surface area (Å²) in [6, 6.07) is 8.04. The molecule has 0 saturated heterocycles. The Morgan fingerprint density at radius 1 is 0.654 bits per heavy atom. The van der Waals surface area contributed by atoms with Gasteiger partial charge in [0.05, 0.1) is 6.04 Å². The zero-order chi connectivity index (χ0) is 38.3. The van der Waals surface area contributed by atoms with Crippen LogP contribution in [0.15, 0.2) is 30.3 Å². The highest BCUT2D eigenvalue weighted by molar-refractivity contribution is 7.99. The van der Waals surface area contributed by atoms with Gasteiger partial charge in [-0.25, -0.2) is 9.59 Å². The lowest BCUT2D eigenvalue weighted by atomic mass is 10.1. The predicted octanol–water partition coefficient (Wildman–Crippen LogP) is 9.80. The summed E-state index contributed by atoms with van der Waals surface area (Å²) in [6.07, 6.45) is 21.5. The smallest absolute Gasteiger partial charge is 0.408 e. The zero-order valence-corrected chi connectivity index (χ0v) is 34.2. The summed E-state index contributed by atoms with van der Waals surface area (Å²) >= 11 is 1.41. The Hall–Kier alpha value is -2.75. The summed E-state index contributed by atoms with van der Waals surface area (Å²) in [5, 5.41) is 8.82. The van der Waals surface area contributed by atoms with Crippen LogP contribution in [0.1, 0.15) is 169 Å². The van der Waals surface area contributed by atoms with Crippen LogP contribution < -0.4 is 16.0 Å². The van der Waals surface area contributed by atoms with Crippen LogP contribution in [0.25, 0.3) is 0 Å². The van der Waals surface area contributed by atoms with E-state index in [1.54, 1.807) is 20.8 Å². The molecule has 52 heavy (non-hydrogen) atoms. The van der Waals surface area contributed by atoms with Crippen molar-refractivity contribution in [2.75, 3.05) is 18.1 Å². The lowest BCUT2D eigenvalue weighted by Gasteiger charge is -2.25. The molecule has 10 heteroatoms. The van der Waals surface area contributed by atoms with Gasteiger partial charge in [-0.05, 0) is 39.2 Å². The number of carbonyl (C=O) groups excluding carboxylic acids is 4. The summed E-state index contributed by atoms with van der Waals surface area (Å²) in [5.74, 6) is 0.0549. The Morgan fingerprint density at radius 2 is 1.15 bits per heavy atom. The van der Waals surface area contributed by atoms with Crippen molar-refractivity contribution < 1.29 is 28.7 Å². The van der Waals surface area contributed by atoms with E-state index in [2.05, 4.69) is 29.8 Å². The Labute approximate surface area is 320 Å². The van der Waals surface area contributed by atoms with Gasteiger partial charge >= 0.3 is 12.1 Å². The topological polar surface area (TPSA) is 123 Å². The molecule has 1 aromatic carbocycles. The highest BCUT2D eigenvalue weighted by Gasteiger charge is 2.28. The van der Waals surface area contributed by atoms with E-state index in [0.717, 1.165) is 44.1 Å².